The van der Waals surface area contributed by atoms with Gasteiger partial charge >= 0.3 is 5.97 Å². The standard InChI is InChI=1S/C15H14N4O3/c1-10-14-15(22)18(8-13(20)21)9-16-19(14)12(17-10)7-11-5-3-2-4-6-11/h2-6,9H,7-8H2,1H3,(H,20,21). The molecule has 0 radical (unpaired) electrons. The Morgan fingerprint density at radius 1 is 1.27 bits per heavy atom. The van der Waals surface area contributed by atoms with Crippen LogP contribution in [0.1, 0.15) is 17.1 Å². The number of aliphatic carboxylic acids is 1. The third kappa shape index (κ3) is 2.48. The normalized spacial score (nSPS) is 11.0. The number of aryl methyl sites for hydroxylation is 1. The smallest absolute Gasteiger partial charge is 0.323 e. The number of rotatable bonds is 4. The Labute approximate surface area is 125 Å². The van der Waals surface area contributed by atoms with Crippen LogP contribution in [0.2, 0.25) is 0 Å². The highest BCUT2D eigenvalue weighted by Crippen LogP contribution is 2.11. The Hall–Kier alpha value is -2.96. The van der Waals surface area contributed by atoms with Gasteiger partial charge in [-0.15, -0.1) is 0 Å². The average molecular weight is 298 g/mol. The van der Waals surface area contributed by atoms with E-state index in [-0.39, 0.29) is 0 Å². The second kappa shape index (κ2) is 5.44. The Morgan fingerprint density at radius 2 is 2.00 bits per heavy atom. The Balaban J connectivity index is 2.09. The first-order chi connectivity index (χ1) is 10.6. The lowest BCUT2D eigenvalue weighted by Gasteiger charge is -2.04. The molecule has 0 aliphatic carbocycles. The number of carboxylic acids is 1. The minimum absolute atomic E-state index is 0.315. The summed E-state index contributed by atoms with van der Waals surface area (Å²) < 4.78 is 2.56. The van der Waals surface area contributed by atoms with Gasteiger partial charge in [-0.2, -0.15) is 5.10 Å². The fourth-order valence-corrected chi connectivity index (χ4v) is 2.40. The molecule has 0 aliphatic rings. The van der Waals surface area contributed by atoms with Crippen molar-refractivity contribution < 1.29 is 9.90 Å². The van der Waals surface area contributed by atoms with Gasteiger partial charge < -0.3 is 5.11 Å². The lowest BCUT2D eigenvalue weighted by molar-refractivity contribution is -0.137. The summed E-state index contributed by atoms with van der Waals surface area (Å²) in [5, 5.41) is 13.0. The van der Waals surface area contributed by atoms with Crippen molar-refractivity contribution in [2.45, 2.75) is 19.9 Å². The number of imidazole rings is 1. The van der Waals surface area contributed by atoms with Crippen LogP contribution in [0, 0.1) is 6.92 Å². The molecule has 0 saturated heterocycles. The van der Waals surface area contributed by atoms with E-state index in [1.54, 1.807) is 6.92 Å². The molecule has 0 saturated carbocycles. The first kappa shape index (κ1) is 14.0. The van der Waals surface area contributed by atoms with Gasteiger partial charge in [0.25, 0.3) is 5.56 Å². The van der Waals surface area contributed by atoms with E-state index in [2.05, 4.69) is 10.1 Å². The van der Waals surface area contributed by atoms with Crippen LogP contribution in [0.15, 0.2) is 41.5 Å². The maximum atomic E-state index is 12.3. The summed E-state index contributed by atoms with van der Waals surface area (Å²) in [6.07, 6.45) is 1.78. The van der Waals surface area contributed by atoms with E-state index in [1.165, 1.54) is 10.8 Å². The number of carboxylic acid groups (broad SMARTS) is 1. The molecule has 0 spiro atoms. The number of carbonyl (C=O) groups is 1. The van der Waals surface area contributed by atoms with Crippen LogP contribution >= 0.6 is 0 Å². The topological polar surface area (TPSA) is 89.5 Å². The largest absolute Gasteiger partial charge is 0.480 e. The third-order valence-electron chi connectivity index (χ3n) is 3.38. The highest BCUT2D eigenvalue weighted by atomic mass is 16.4. The van der Waals surface area contributed by atoms with Crippen molar-refractivity contribution in [3.05, 3.63) is 64.1 Å². The van der Waals surface area contributed by atoms with Gasteiger partial charge in [0, 0.05) is 6.42 Å². The SMILES string of the molecule is Cc1nc(Cc2ccccc2)n2ncn(CC(=O)O)c(=O)c12. The molecule has 0 atom stereocenters. The Bertz CT molecular complexity index is 896. The molecule has 2 heterocycles. The van der Waals surface area contributed by atoms with Crippen LogP contribution in [0.25, 0.3) is 5.52 Å². The first-order valence-electron chi connectivity index (χ1n) is 6.75. The quantitative estimate of drug-likeness (QED) is 0.772. The number of nitrogens with zero attached hydrogens (tertiary/aromatic N) is 4. The fraction of sp³-hybridized carbons (Fsp3) is 0.200. The molecule has 3 rings (SSSR count). The number of hydrogen-bond acceptors (Lipinski definition) is 4. The van der Waals surface area contributed by atoms with Crippen LogP contribution in [0.3, 0.4) is 0 Å². The molecule has 112 valence electrons. The van der Waals surface area contributed by atoms with Gasteiger partial charge in [-0.1, -0.05) is 30.3 Å². The molecule has 7 heteroatoms. The third-order valence-corrected chi connectivity index (χ3v) is 3.38. The predicted molar refractivity (Wildman–Crippen MR) is 78.9 cm³/mol. The molecule has 22 heavy (non-hydrogen) atoms. The van der Waals surface area contributed by atoms with Crippen molar-refractivity contribution in [3.63, 3.8) is 0 Å². The van der Waals surface area contributed by atoms with Gasteiger partial charge in [-0.3, -0.25) is 14.2 Å². The van der Waals surface area contributed by atoms with Crippen molar-refractivity contribution in [2.24, 2.45) is 0 Å². The van der Waals surface area contributed by atoms with Gasteiger partial charge in [0.2, 0.25) is 0 Å². The lowest BCUT2D eigenvalue weighted by Crippen LogP contribution is -2.26. The Kier molecular flexibility index (Phi) is 3.46. The molecule has 0 aliphatic heterocycles. The van der Waals surface area contributed by atoms with Crippen LogP contribution in [0.4, 0.5) is 0 Å². The molecule has 0 fully saturated rings. The molecule has 0 unspecified atom stereocenters. The van der Waals surface area contributed by atoms with Crippen LogP contribution < -0.4 is 5.56 Å². The second-order valence-corrected chi connectivity index (χ2v) is 4.99. The van der Waals surface area contributed by atoms with Crippen molar-refractivity contribution in [3.8, 4) is 0 Å². The van der Waals surface area contributed by atoms with Gasteiger partial charge in [0.15, 0.2) is 5.52 Å². The summed E-state index contributed by atoms with van der Waals surface area (Å²) in [6, 6.07) is 9.75. The zero-order valence-electron chi connectivity index (χ0n) is 11.9. The lowest BCUT2D eigenvalue weighted by atomic mass is 10.1. The van der Waals surface area contributed by atoms with Crippen LogP contribution in [0.5, 0.6) is 0 Å². The second-order valence-electron chi connectivity index (χ2n) is 4.99. The summed E-state index contributed by atoms with van der Waals surface area (Å²) in [7, 11) is 0. The minimum Gasteiger partial charge on any atom is -0.480 e. The van der Waals surface area contributed by atoms with Gasteiger partial charge in [0.05, 0.1) is 5.69 Å². The first-order valence-corrected chi connectivity index (χ1v) is 6.75. The highest BCUT2D eigenvalue weighted by Gasteiger charge is 2.15. The molecule has 2 aromatic heterocycles. The summed E-state index contributed by atoms with van der Waals surface area (Å²) >= 11 is 0. The van der Waals surface area contributed by atoms with E-state index in [0.29, 0.717) is 23.5 Å². The minimum atomic E-state index is -1.09. The van der Waals surface area contributed by atoms with Crippen molar-refractivity contribution in [1.29, 1.82) is 0 Å². The van der Waals surface area contributed by atoms with Crippen molar-refractivity contribution in [1.82, 2.24) is 19.2 Å². The number of fused-ring (bicyclic) bond motifs is 1. The van der Waals surface area contributed by atoms with E-state index in [1.807, 2.05) is 30.3 Å². The molecular weight excluding hydrogens is 284 g/mol. The zero-order valence-corrected chi connectivity index (χ0v) is 11.9. The number of benzene rings is 1. The highest BCUT2D eigenvalue weighted by molar-refractivity contribution is 5.66. The number of aromatic nitrogens is 4. The zero-order chi connectivity index (χ0) is 15.7. The Morgan fingerprint density at radius 3 is 2.68 bits per heavy atom. The molecule has 3 aromatic rings. The number of hydrogen-bond donors (Lipinski definition) is 1. The molecule has 1 aromatic carbocycles. The molecular formula is C15H14N4O3. The van der Waals surface area contributed by atoms with E-state index in [9.17, 15) is 9.59 Å². The average Bonchev–Trinajstić information content (AvgIpc) is 2.79. The summed E-state index contributed by atoms with van der Waals surface area (Å²) in [5.41, 5.74) is 1.52. The van der Waals surface area contributed by atoms with Gasteiger partial charge in [-0.25, -0.2) is 9.50 Å². The van der Waals surface area contributed by atoms with Gasteiger partial charge in [0.1, 0.15) is 18.7 Å². The molecule has 0 bridgehead atoms. The van der Waals surface area contributed by atoms with E-state index < -0.39 is 18.1 Å². The van der Waals surface area contributed by atoms with Crippen molar-refractivity contribution >= 4 is 11.5 Å². The fourth-order valence-electron chi connectivity index (χ4n) is 2.40. The van der Waals surface area contributed by atoms with Gasteiger partial charge in [-0.05, 0) is 12.5 Å². The van der Waals surface area contributed by atoms with Crippen molar-refractivity contribution in [2.75, 3.05) is 0 Å². The monoisotopic (exact) mass is 298 g/mol. The summed E-state index contributed by atoms with van der Waals surface area (Å²) in [4.78, 5) is 27.5. The maximum absolute atomic E-state index is 12.3. The van der Waals surface area contributed by atoms with E-state index in [0.717, 1.165) is 10.1 Å². The summed E-state index contributed by atoms with van der Waals surface area (Å²) in [6.45, 7) is 1.30. The maximum Gasteiger partial charge on any atom is 0.323 e. The molecule has 7 nitrogen and oxygen atoms in total. The summed E-state index contributed by atoms with van der Waals surface area (Å²) in [5.74, 6) is -0.437. The van der Waals surface area contributed by atoms with E-state index >= 15 is 0 Å². The van der Waals surface area contributed by atoms with Crippen LogP contribution in [-0.2, 0) is 17.8 Å². The molecule has 1 N–H and O–H groups in total. The van der Waals surface area contributed by atoms with E-state index in [4.69, 9.17) is 5.11 Å². The molecule has 0 amide bonds. The van der Waals surface area contributed by atoms with Crippen LogP contribution in [-0.4, -0.2) is 30.2 Å². The predicted octanol–water partition coefficient (Wildman–Crippen LogP) is 0.875.